The van der Waals surface area contributed by atoms with Crippen LogP contribution in [0, 0.1) is 6.07 Å². The van der Waals surface area contributed by atoms with Gasteiger partial charge < -0.3 is 4.74 Å². The zero-order valence-electron chi connectivity index (χ0n) is 13.2. The van der Waals surface area contributed by atoms with E-state index in [0.29, 0.717) is 0 Å². The van der Waals surface area contributed by atoms with Crippen molar-refractivity contribution >= 4 is 11.8 Å². The third kappa shape index (κ3) is 4.64. The molecule has 3 aromatic rings. The summed E-state index contributed by atoms with van der Waals surface area (Å²) in [6, 6.07) is 28.5. The summed E-state index contributed by atoms with van der Waals surface area (Å²) in [5.41, 5.74) is 3.98. The van der Waals surface area contributed by atoms with Crippen LogP contribution in [-0.4, -0.2) is 7.11 Å². The zero-order chi connectivity index (χ0) is 15.9. The first-order valence-electron chi connectivity index (χ1n) is 7.64. The number of hydrogen-bond acceptors (Lipinski definition) is 2. The molecule has 0 aliphatic heterocycles. The van der Waals surface area contributed by atoms with Crippen molar-refractivity contribution in [3.63, 3.8) is 0 Å². The van der Waals surface area contributed by atoms with Crippen LogP contribution in [-0.2, 0) is 12.2 Å². The van der Waals surface area contributed by atoms with Crippen LogP contribution >= 0.6 is 11.8 Å². The number of rotatable bonds is 6. The molecule has 0 spiro atoms. The highest BCUT2D eigenvalue weighted by atomic mass is 32.2. The maximum atomic E-state index is 5.21. The Morgan fingerprint density at radius 3 is 2.43 bits per heavy atom. The van der Waals surface area contributed by atoms with Crippen LogP contribution < -0.4 is 4.74 Å². The SMILES string of the molecule is COc1ccc(Cc2cccc(CSc3[c]cccc3)c2)cc1. The number of methoxy groups -OCH3 is 1. The van der Waals surface area contributed by atoms with Crippen LogP contribution in [0.15, 0.2) is 77.7 Å². The van der Waals surface area contributed by atoms with Gasteiger partial charge in [-0.2, -0.15) is 0 Å². The van der Waals surface area contributed by atoms with Crippen molar-refractivity contribution in [1.82, 2.24) is 0 Å². The quantitative estimate of drug-likeness (QED) is 0.564. The second-order valence-electron chi connectivity index (χ2n) is 5.36. The van der Waals surface area contributed by atoms with Gasteiger partial charge in [-0.15, -0.1) is 11.8 Å². The molecule has 23 heavy (non-hydrogen) atoms. The van der Waals surface area contributed by atoms with Crippen LogP contribution in [0.3, 0.4) is 0 Å². The third-order valence-corrected chi connectivity index (χ3v) is 4.68. The van der Waals surface area contributed by atoms with E-state index in [2.05, 4.69) is 54.6 Å². The highest BCUT2D eigenvalue weighted by molar-refractivity contribution is 7.98. The molecule has 0 unspecified atom stereocenters. The molecule has 1 nitrogen and oxygen atoms in total. The van der Waals surface area contributed by atoms with Crippen molar-refractivity contribution in [2.24, 2.45) is 0 Å². The summed E-state index contributed by atoms with van der Waals surface area (Å²) < 4.78 is 5.21. The van der Waals surface area contributed by atoms with Crippen LogP contribution in [0.1, 0.15) is 16.7 Å². The Bertz CT molecular complexity index is 735. The Hall–Kier alpha value is -2.19. The molecule has 0 aliphatic carbocycles. The predicted octanol–water partition coefficient (Wildman–Crippen LogP) is 5.38. The molecule has 3 rings (SSSR count). The van der Waals surface area contributed by atoms with Crippen LogP contribution in [0.2, 0.25) is 0 Å². The molecule has 2 heteroatoms. The zero-order valence-corrected chi connectivity index (χ0v) is 14.0. The average molecular weight is 319 g/mol. The summed E-state index contributed by atoms with van der Waals surface area (Å²) in [5.74, 6) is 1.87. The lowest BCUT2D eigenvalue weighted by Crippen LogP contribution is -1.91. The van der Waals surface area contributed by atoms with Crippen LogP contribution in [0.5, 0.6) is 5.75 Å². The van der Waals surface area contributed by atoms with Crippen molar-refractivity contribution in [2.75, 3.05) is 7.11 Å². The van der Waals surface area contributed by atoms with E-state index in [1.54, 1.807) is 7.11 Å². The summed E-state index contributed by atoms with van der Waals surface area (Å²) >= 11 is 1.82. The first-order chi connectivity index (χ1) is 11.3. The number of ether oxygens (including phenoxy) is 1. The maximum Gasteiger partial charge on any atom is 0.118 e. The van der Waals surface area contributed by atoms with Crippen LogP contribution in [0.4, 0.5) is 0 Å². The molecule has 0 amide bonds. The highest BCUT2D eigenvalue weighted by Crippen LogP contribution is 2.23. The Kier molecular flexibility index (Phi) is 5.38. The molecule has 0 N–H and O–H groups in total. The Morgan fingerprint density at radius 1 is 0.870 bits per heavy atom. The highest BCUT2D eigenvalue weighted by Gasteiger charge is 2.01. The molecule has 115 valence electrons. The van der Waals surface area contributed by atoms with Gasteiger partial charge in [0, 0.05) is 10.6 Å². The topological polar surface area (TPSA) is 9.23 Å². The van der Waals surface area contributed by atoms with Gasteiger partial charge in [-0.25, -0.2) is 0 Å². The molecule has 0 aliphatic rings. The molecule has 0 saturated heterocycles. The van der Waals surface area contributed by atoms with Crippen molar-refractivity contribution in [1.29, 1.82) is 0 Å². The average Bonchev–Trinajstić information content (AvgIpc) is 2.62. The van der Waals surface area contributed by atoms with Crippen molar-refractivity contribution in [3.8, 4) is 5.75 Å². The van der Waals surface area contributed by atoms with Gasteiger partial charge in [0.1, 0.15) is 5.75 Å². The summed E-state index contributed by atoms with van der Waals surface area (Å²) in [7, 11) is 1.69. The molecular formula is C21H19OS. The normalized spacial score (nSPS) is 10.5. The Morgan fingerprint density at radius 2 is 1.70 bits per heavy atom. The Labute approximate surface area is 142 Å². The van der Waals surface area contributed by atoms with Crippen molar-refractivity contribution < 1.29 is 4.74 Å². The summed E-state index contributed by atoms with van der Waals surface area (Å²) in [5, 5.41) is 0. The van der Waals surface area contributed by atoms with E-state index in [1.807, 2.05) is 36.0 Å². The van der Waals surface area contributed by atoms with Gasteiger partial charge >= 0.3 is 0 Å². The van der Waals surface area contributed by atoms with Gasteiger partial charge in [0.15, 0.2) is 0 Å². The monoisotopic (exact) mass is 319 g/mol. The summed E-state index contributed by atoms with van der Waals surface area (Å²) in [4.78, 5) is 1.19. The molecule has 0 saturated carbocycles. The van der Waals surface area contributed by atoms with Gasteiger partial charge in [-0.3, -0.25) is 0 Å². The molecule has 3 aromatic carbocycles. The molecule has 1 radical (unpaired) electrons. The smallest absolute Gasteiger partial charge is 0.118 e. The van der Waals surface area contributed by atoms with E-state index >= 15 is 0 Å². The standard InChI is InChI=1S/C21H19OS/c1-22-20-12-10-17(11-13-20)14-18-6-5-7-19(15-18)16-23-21-8-3-2-4-9-21/h2-8,10-13,15H,14,16H2,1H3. The lowest BCUT2D eigenvalue weighted by atomic mass is 10.0. The first kappa shape index (κ1) is 15.7. The first-order valence-corrected chi connectivity index (χ1v) is 8.62. The van der Waals surface area contributed by atoms with Gasteiger partial charge in [0.05, 0.1) is 7.11 Å². The minimum atomic E-state index is 0.901. The fourth-order valence-electron chi connectivity index (χ4n) is 2.44. The number of thioether (sulfide) groups is 1. The summed E-state index contributed by atoms with van der Waals surface area (Å²) in [6.07, 6.45) is 0.944. The van der Waals surface area contributed by atoms with Gasteiger partial charge in [-0.05, 0) is 47.4 Å². The fraction of sp³-hybridized carbons (Fsp3) is 0.143. The largest absolute Gasteiger partial charge is 0.497 e. The lowest BCUT2D eigenvalue weighted by molar-refractivity contribution is 0.414. The molecule has 0 heterocycles. The van der Waals surface area contributed by atoms with E-state index in [9.17, 15) is 0 Å². The van der Waals surface area contributed by atoms with Crippen LogP contribution in [0.25, 0.3) is 0 Å². The van der Waals surface area contributed by atoms with Gasteiger partial charge in [0.25, 0.3) is 0 Å². The second-order valence-corrected chi connectivity index (χ2v) is 6.38. The third-order valence-electron chi connectivity index (χ3n) is 3.63. The van der Waals surface area contributed by atoms with Gasteiger partial charge in [-0.1, -0.05) is 54.6 Å². The molecule has 0 atom stereocenters. The molecule has 0 fully saturated rings. The summed E-state index contributed by atoms with van der Waals surface area (Å²) in [6.45, 7) is 0. The number of benzene rings is 3. The predicted molar refractivity (Wildman–Crippen MR) is 97.1 cm³/mol. The molecular weight excluding hydrogens is 300 g/mol. The van der Waals surface area contributed by atoms with Crippen molar-refractivity contribution in [3.05, 3.63) is 95.6 Å². The minimum absolute atomic E-state index is 0.901. The Balaban J connectivity index is 1.64. The van der Waals surface area contributed by atoms with E-state index < -0.39 is 0 Å². The second kappa shape index (κ2) is 7.89. The van der Waals surface area contributed by atoms with E-state index in [4.69, 9.17) is 4.74 Å². The number of hydrogen-bond donors (Lipinski definition) is 0. The minimum Gasteiger partial charge on any atom is -0.497 e. The van der Waals surface area contributed by atoms with E-state index in [1.165, 1.54) is 21.6 Å². The maximum absolute atomic E-state index is 5.21. The van der Waals surface area contributed by atoms with Gasteiger partial charge in [0.2, 0.25) is 0 Å². The van der Waals surface area contributed by atoms with Crippen molar-refractivity contribution in [2.45, 2.75) is 17.1 Å². The van der Waals surface area contributed by atoms with E-state index in [0.717, 1.165) is 17.9 Å². The molecule has 0 aromatic heterocycles. The lowest BCUT2D eigenvalue weighted by Gasteiger charge is -2.07. The molecule has 0 bridgehead atoms. The fourth-order valence-corrected chi connectivity index (χ4v) is 3.26. The van der Waals surface area contributed by atoms with E-state index in [-0.39, 0.29) is 0 Å².